The summed E-state index contributed by atoms with van der Waals surface area (Å²) in [6.45, 7) is 11.0. The van der Waals surface area contributed by atoms with Gasteiger partial charge in [-0.1, -0.05) is 69.8 Å². The molecule has 2 aromatic rings. The largest absolute Gasteiger partial charge is 0.358 e. The summed E-state index contributed by atoms with van der Waals surface area (Å²) in [7, 11) is 0. The zero-order chi connectivity index (χ0) is 14.3. The van der Waals surface area contributed by atoms with E-state index in [0.717, 1.165) is 5.70 Å². The van der Waals surface area contributed by atoms with Crippen LogP contribution in [0, 0.1) is 0 Å². The van der Waals surface area contributed by atoms with Gasteiger partial charge in [-0.15, -0.1) is 0 Å². The Hall–Kier alpha value is -2.02. The van der Waals surface area contributed by atoms with Crippen LogP contribution in [0.5, 0.6) is 0 Å². The number of rotatable bonds is 2. The van der Waals surface area contributed by atoms with E-state index in [9.17, 15) is 0 Å². The summed E-state index contributed by atoms with van der Waals surface area (Å²) in [4.78, 5) is 0. The monoisotopic (exact) mass is 263 g/mol. The summed E-state index contributed by atoms with van der Waals surface area (Å²) < 4.78 is 0. The first-order chi connectivity index (χ1) is 9.51. The molecule has 0 saturated heterocycles. The van der Waals surface area contributed by atoms with Crippen molar-refractivity contribution in [1.29, 1.82) is 0 Å². The Kier molecular flexibility index (Phi) is 2.93. The van der Waals surface area contributed by atoms with Gasteiger partial charge in [-0.2, -0.15) is 0 Å². The highest BCUT2D eigenvalue weighted by atomic mass is 14.9. The van der Waals surface area contributed by atoms with Crippen LogP contribution < -0.4 is 5.32 Å². The van der Waals surface area contributed by atoms with Crippen LogP contribution in [0.4, 0.5) is 5.69 Å². The van der Waals surface area contributed by atoms with Crippen LogP contribution in [-0.2, 0) is 5.41 Å². The van der Waals surface area contributed by atoms with Gasteiger partial charge in [-0.05, 0) is 22.8 Å². The molecule has 1 heterocycles. The van der Waals surface area contributed by atoms with Gasteiger partial charge in [0.05, 0.1) is 0 Å². The van der Waals surface area contributed by atoms with Crippen LogP contribution >= 0.6 is 0 Å². The van der Waals surface area contributed by atoms with Crippen molar-refractivity contribution in [1.82, 2.24) is 0 Å². The number of anilines is 1. The first kappa shape index (κ1) is 13.0. The second-order valence-electron chi connectivity index (χ2n) is 6.13. The minimum Gasteiger partial charge on any atom is -0.358 e. The molecule has 0 fully saturated rings. The Balaban J connectivity index is 2.14. The molecule has 0 radical (unpaired) electrons. The Morgan fingerprint density at radius 1 is 1.00 bits per heavy atom. The second-order valence-corrected chi connectivity index (χ2v) is 6.13. The van der Waals surface area contributed by atoms with Gasteiger partial charge in [0.1, 0.15) is 0 Å². The minimum atomic E-state index is -0.0189. The highest BCUT2D eigenvalue weighted by Crippen LogP contribution is 2.46. The van der Waals surface area contributed by atoms with E-state index < -0.39 is 0 Å². The molecule has 0 amide bonds. The number of fused-ring (bicyclic) bond motifs is 1. The van der Waals surface area contributed by atoms with Gasteiger partial charge in [0, 0.05) is 22.7 Å². The van der Waals surface area contributed by atoms with E-state index in [1.54, 1.807) is 0 Å². The van der Waals surface area contributed by atoms with E-state index >= 15 is 0 Å². The number of hydrogen-bond donors (Lipinski definition) is 1. The van der Waals surface area contributed by atoms with Crippen LogP contribution in [0.2, 0.25) is 0 Å². The fourth-order valence-electron chi connectivity index (χ4n) is 3.12. The van der Waals surface area contributed by atoms with Crippen molar-refractivity contribution in [2.24, 2.45) is 0 Å². The molecule has 3 rings (SSSR count). The molecular weight excluding hydrogens is 242 g/mol. The minimum absolute atomic E-state index is 0.0189. The maximum Gasteiger partial charge on any atom is 0.0426 e. The SMILES string of the molecule is C=C1Nc2cccc(C(C)c3ccccc3)c2C1(C)C. The first-order valence-corrected chi connectivity index (χ1v) is 7.16. The summed E-state index contributed by atoms with van der Waals surface area (Å²) >= 11 is 0. The predicted molar refractivity (Wildman–Crippen MR) is 86.2 cm³/mol. The molecule has 1 unspecified atom stereocenters. The van der Waals surface area contributed by atoms with Crippen molar-refractivity contribution < 1.29 is 0 Å². The lowest BCUT2D eigenvalue weighted by molar-refractivity contribution is 0.643. The van der Waals surface area contributed by atoms with Gasteiger partial charge in [-0.3, -0.25) is 0 Å². The van der Waals surface area contributed by atoms with Crippen molar-refractivity contribution in [2.75, 3.05) is 5.32 Å². The molecule has 1 aliphatic rings. The quantitative estimate of drug-likeness (QED) is 0.799. The number of nitrogens with one attached hydrogen (secondary N) is 1. The standard InChI is InChI=1S/C19H21N/c1-13(15-9-6-5-7-10-15)16-11-8-12-17-18(16)19(3,4)14(2)20-17/h5-13,20H,2H2,1,3-4H3. The van der Waals surface area contributed by atoms with Gasteiger partial charge in [0.15, 0.2) is 0 Å². The first-order valence-electron chi connectivity index (χ1n) is 7.16. The molecule has 0 saturated carbocycles. The zero-order valence-electron chi connectivity index (χ0n) is 12.4. The van der Waals surface area contributed by atoms with E-state index in [0.29, 0.717) is 5.92 Å². The van der Waals surface area contributed by atoms with Crippen molar-refractivity contribution in [3.05, 3.63) is 77.5 Å². The van der Waals surface area contributed by atoms with Crippen LogP contribution in [0.25, 0.3) is 0 Å². The highest BCUT2D eigenvalue weighted by Gasteiger charge is 2.36. The molecule has 1 N–H and O–H groups in total. The third kappa shape index (κ3) is 1.85. The molecule has 2 aromatic carbocycles. The smallest absolute Gasteiger partial charge is 0.0426 e. The zero-order valence-corrected chi connectivity index (χ0v) is 12.4. The Morgan fingerprint density at radius 2 is 1.70 bits per heavy atom. The number of allylic oxidation sites excluding steroid dienone is 1. The Morgan fingerprint density at radius 3 is 2.40 bits per heavy atom. The van der Waals surface area contributed by atoms with Crippen LogP contribution in [0.1, 0.15) is 43.4 Å². The second kappa shape index (κ2) is 4.52. The van der Waals surface area contributed by atoms with Crippen molar-refractivity contribution >= 4 is 5.69 Å². The van der Waals surface area contributed by atoms with Gasteiger partial charge in [-0.25, -0.2) is 0 Å². The average molecular weight is 263 g/mol. The van der Waals surface area contributed by atoms with Crippen LogP contribution in [0.3, 0.4) is 0 Å². The molecule has 0 aromatic heterocycles. The predicted octanol–water partition coefficient (Wildman–Crippen LogP) is 5.06. The van der Waals surface area contributed by atoms with Gasteiger partial charge in [0.2, 0.25) is 0 Å². The molecule has 0 bridgehead atoms. The number of hydrogen-bond acceptors (Lipinski definition) is 1. The lowest BCUT2D eigenvalue weighted by Crippen LogP contribution is -2.18. The molecule has 0 spiro atoms. The lowest BCUT2D eigenvalue weighted by atomic mass is 9.77. The molecule has 1 nitrogen and oxygen atoms in total. The average Bonchev–Trinajstić information content (AvgIpc) is 2.69. The summed E-state index contributed by atoms with van der Waals surface area (Å²) in [5.74, 6) is 0.387. The molecule has 102 valence electrons. The normalized spacial score (nSPS) is 17.4. The van der Waals surface area contributed by atoms with E-state index in [1.807, 2.05) is 0 Å². The summed E-state index contributed by atoms with van der Waals surface area (Å²) in [6.07, 6.45) is 0. The van der Waals surface area contributed by atoms with E-state index in [4.69, 9.17) is 0 Å². The molecular formula is C19H21N. The fourth-order valence-corrected chi connectivity index (χ4v) is 3.12. The summed E-state index contributed by atoms with van der Waals surface area (Å²) in [5, 5.41) is 3.44. The van der Waals surface area contributed by atoms with Gasteiger partial charge >= 0.3 is 0 Å². The fraction of sp³-hybridized carbons (Fsp3) is 0.263. The molecule has 1 heteroatoms. The Labute approximate surface area is 121 Å². The van der Waals surface area contributed by atoms with Crippen molar-refractivity contribution in [2.45, 2.75) is 32.1 Å². The Bertz CT molecular complexity index is 653. The summed E-state index contributed by atoms with van der Waals surface area (Å²) in [5.41, 5.74) is 6.41. The molecule has 1 atom stereocenters. The number of benzene rings is 2. The van der Waals surface area contributed by atoms with Gasteiger partial charge < -0.3 is 5.32 Å². The van der Waals surface area contributed by atoms with Gasteiger partial charge in [0.25, 0.3) is 0 Å². The van der Waals surface area contributed by atoms with E-state index in [-0.39, 0.29) is 5.41 Å². The highest BCUT2D eigenvalue weighted by molar-refractivity contribution is 5.70. The maximum absolute atomic E-state index is 4.18. The van der Waals surface area contributed by atoms with E-state index in [2.05, 4.69) is 81.2 Å². The molecule has 1 aliphatic heterocycles. The molecule has 20 heavy (non-hydrogen) atoms. The third-order valence-electron chi connectivity index (χ3n) is 4.53. The third-order valence-corrected chi connectivity index (χ3v) is 4.53. The van der Waals surface area contributed by atoms with Crippen LogP contribution in [-0.4, -0.2) is 0 Å². The molecule has 0 aliphatic carbocycles. The topological polar surface area (TPSA) is 12.0 Å². The maximum atomic E-state index is 4.18. The lowest BCUT2D eigenvalue weighted by Gasteiger charge is -2.25. The van der Waals surface area contributed by atoms with Crippen molar-refractivity contribution in [3.63, 3.8) is 0 Å². The summed E-state index contributed by atoms with van der Waals surface area (Å²) in [6, 6.07) is 17.2. The van der Waals surface area contributed by atoms with E-state index in [1.165, 1.54) is 22.4 Å². The van der Waals surface area contributed by atoms with Crippen LogP contribution in [0.15, 0.2) is 60.8 Å². The van der Waals surface area contributed by atoms with Crippen molar-refractivity contribution in [3.8, 4) is 0 Å².